The first kappa shape index (κ1) is 13.2. The number of carbonyl (C=O) groups excluding carboxylic acids is 1. The molecule has 0 aliphatic rings. The number of aryl methyl sites for hydroxylation is 1. The van der Waals surface area contributed by atoms with Gasteiger partial charge in [-0.05, 0) is 6.42 Å². The Morgan fingerprint density at radius 3 is 2.71 bits per heavy atom. The largest absolute Gasteiger partial charge is 0.359 e. The average Bonchev–Trinajstić information content (AvgIpc) is 2.38. The Bertz CT molecular complexity index is 415. The first-order valence-corrected chi connectivity index (χ1v) is 5.76. The van der Waals surface area contributed by atoms with E-state index in [4.69, 9.17) is 0 Å². The van der Waals surface area contributed by atoms with Crippen molar-refractivity contribution in [3.05, 3.63) is 23.8 Å². The van der Waals surface area contributed by atoms with Gasteiger partial charge in [-0.25, -0.2) is 9.97 Å². The number of nitrogens with zero attached hydrogens (tertiary/aromatic N) is 2. The summed E-state index contributed by atoms with van der Waals surface area (Å²) in [6.45, 7) is 2.01. The van der Waals surface area contributed by atoms with Gasteiger partial charge in [-0.3, -0.25) is 4.79 Å². The van der Waals surface area contributed by atoms with E-state index in [1.807, 2.05) is 6.92 Å². The highest BCUT2D eigenvalue weighted by molar-refractivity contribution is 5.75. The second-order valence-electron chi connectivity index (χ2n) is 3.57. The Morgan fingerprint density at radius 2 is 2.12 bits per heavy atom. The zero-order chi connectivity index (χ0) is 12.5. The van der Waals surface area contributed by atoms with E-state index in [1.165, 1.54) is 0 Å². The van der Waals surface area contributed by atoms with Gasteiger partial charge >= 0.3 is 0 Å². The van der Waals surface area contributed by atoms with E-state index < -0.39 is 0 Å². The molecular weight excluding hydrogens is 214 g/mol. The van der Waals surface area contributed by atoms with Crippen molar-refractivity contribution in [2.75, 3.05) is 7.05 Å². The maximum Gasteiger partial charge on any atom is 0.219 e. The van der Waals surface area contributed by atoms with Gasteiger partial charge in [0.15, 0.2) is 0 Å². The van der Waals surface area contributed by atoms with Gasteiger partial charge in [0.25, 0.3) is 0 Å². The lowest BCUT2D eigenvalue weighted by Gasteiger charge is -1.95. The van der Waals surface area contributed by atoms with Crippen LogP contribution in [0.2, 0.25) is 0 Å². The van der Waals surface area contributed by atoms with Gasteiger partial charge in [0.1, 0.15) is 5.82 Å². The fraction of sp³-hybridized carbons (Fsp3) is 0.462. The summed E-state index contributed by atoms with van der Waals surface area (Å²) >= 11 is 0. The Morgan fingerprint density at radius 1 is 1.41 bits per heavy atom. The Hall–Kier alpha value is -1.89. The lowest BCUT2D eigenvalue weighted by Crippen LogP contribution is -2.16. The second-order valence-corrected chi connectivity index (χ2v) is 3.57. The van der Waals surface area contributed by atoms with E-state index in [2.05, 4.69) is 27.1 Å². The third kappa shape index (κ3) is 5.12. The van der Waals surface area contributed by atoms with Crippen molar-refractivity contribution in [2.24, 2.45) is 0 Å². The van der Waals surface area contributed by atoms with Crippen LogP contribution in [0, 0.1) is 11.8 Å². The number of nitrogens with one attached hydrogen (secondary N) is 1. The molecule has 1 amide bonds. The molecule has 0 atom stereocenters. The molecule has 0 saturated carbocycles. The van der Waals surface area contributed by atoms with Gasteiger partial charge < -0.3 is 5.32 Å². The van der Waals surface area contributed by atoms with Gasteiger partial charge in [-0.15, -0.1) is 0 Å². The van der Waals surface area contributed by atoms with Crippen LogP contribution in [0.3, 0.4) is 0 Å². The number of unbranched alkanes of at least 4 members (excludes halogenated alkanes) is 1. The van der Waals surface area contributed by atoms with Crippen LogP contribution in [0.1, 0.15) is 37.6 Å². The number of amides is 1. The van der Waals surface area contributed by atoms with Crippen LogP contribution in [0.25, 0.3) is 0 Å². The molecular formula is C13H17N3O. The zero-order valence-electron chi connectivity index (χ0n) is 10.3. The van der Waals surface area contributed by atoms with E-state index in [-0.39, 0.29) is 5.91 Å². The van der Waals surface area contributed by atoms with Crippen LogP contribution in [0.15, 0.2) is 12.4 Å². The predicted octanol–water partition coefficient (Wildman–Crippen LogP) is 1.31. The van der Waals surface area contributed by atoms with Crippen LogP contribution in [-0.4, -0.2) is 22.9 Å². The monoisotopic (exact) mass is 231 g/mol. The molecule has 4 nitrogen and oxygen atoms in total. The molecule has 0 spiro atoms. The molecule has 0 bridgehead atoms. The third-order valence-electron chi connectivity index (χ3n) is 2.24. The van der Waals surface area contributed by atoms with Crippen LogP contribution < -0.4 is 5.32 Å². The maximum absolute atomic E-state index is 10.9. The van der Waals surface area contributed by atoms with Crippen molar-refractivity contribution < 1.29 is 4.79 Å². The number of rotatable bonds is 4. The van der Waals surface area contributed by atoms with Crippen molar-refractivity contribution in [3.63, 3.8) is 0 Å². The van der Waals surface area contributed by atoms with E-state index in [0.29, 0.717) is 12.8 Å². The van der Waals surface area contributed by atoms with Crippen molar-refractivity contribution >= 4 is 5.91 Å². The van der Waals surface area contributed by atoms with E-state index in [1.54, 1.807) is 19.4 Å². The summed E-state index contributed by atoms with van der Waals surface area (Å²) < 4.78 is 0. The smallest absolute Gasteiger partial charge is 0.219 e. The summed E-state index contributed by atoms with van der Waals surface area (Å²) in [5.41, 5.74) is 0.821. The molecule has 1 rings (SSSR count). The Kier molecular flexibility index (Phi) is 5.73. The summed E-state index contributed by atoms with van der Waals surface area (Å²) in [5.74, 6) is 6.88. The number of hydrogen-bond donors (Lipinski definition) is 1. The second kappa shape index (κ2) is 7.39. The van der Waals surface area contributed by atoms with Crippen LogP contribution >= 0.6 is 0 Å². The lowest BCUT2D eigenvalue weighted by molar-refractivity contribution is -0.120. The van der Waals surface area contributed by atoms with Crippen molar-refractivity contribution in [1.82, 2.24) is 15.3 Å². The first-order chi connectivity index (χ1) is 8.26. The highest BCUT2D eigenvalue weighted by atomic mass is 16.1. The molecule has 0 aromatic carbocycles. The molecule has 0 radical (unpaired) electrons. The lowest BCUT2D eigenvalue weighted by atomic mass is 10.2. The van der Waals surface area contributed by atoms with E-state index in [0.717, 1.165) is 24.2 Å². The fourth-order valence-electron chi connectivity index (χ4n) is 1.23. The minimum Gasteiger partial charge on any atom is -0.359 e. The summed E-state index contributed by atoms with van der Waals surface area (Å²) in [4.78, 5) is 19.3. The van der Waals surface area contributed by atoms with Gasteiger partial charge in [0, 0.05) is 38.7 Å². The molecule has 0 saturated heterocycles. The highest BCUT2D eigenvalue weighted by Gasteiger charge is 1.95. The summed E-state index contributed by atoms with van der Waals surface area (Å²) in [6.07, 6.45) is 6.31. The van der Waals surface area contributed by atoms with Crippen LogP contribution in [0.5, 0.6) is 0 Å². The molecule has 0 aliphatic carbocycles. The van der Waals surface area contributed by atoms with Crippen molar-refractivity contribution in [3.8, 4) is 11.8 Å². The molecule has 1 N–H and O–H groups in total. The standard InChI is InChI=1S/C13H17N3O/c1-3-12-15-9-11(10-16-12)7-5-4-6-8-13(17)14-2/h9-10H,3-4,6,8H2,1-2H3,(H,14,17). The van der Waals surface area contributed by atoms with Crippen molar-refractivity contribution in [2.45, 2.75) is 32.6 Å². The normalized spacial score (nSPS) is 9.29. The molecule has 1 heterocycles. The zero-order valence-corrected chi connectivity index (χ0v) is 10.3. The van der Waals surface area contributed by atoms with E-state index in [9.17, 15) is 4.79 Å². The fourth-order valence-corrected chi connectivity index (χ4v) is 1.23. The van der Waals surface area contributed by atoms with Gasteiger partial charge in [-0.1, -0.05) is 18.8 Å². The van der Waals surface area contributed by atoms with Crippen LogP contribution in [-0.2, 0) is 11.2 Å². The van der Waals surface area contributed by atoms with Gasteiger partial charge in [-0.2, -0.15) is 0 Å². The van der Waals surface area contributed by atoms with Gasteiger partial charge in [0.05, 0.1) is 5.56 Å². The summed E-state index contributed by atoms with van der Waals surface area (Å²) in [5, 5.41) is 2.58. The number of carbonyl (C=O) groups is 1. The molecule has 0 fully saturated rings. The summed E-state index contributed by atoms with van der Waals surface area (Å²) in [6, 6.07) is 0. The topological polar surface area (TPSA) is 54.9 Å². The molecule has 0 unspecified atom stereocenters. The minimum absolute atomic E-state index is 0.0578. The predicted molar refractivity (Wildman–Crippen MR) is 66.2 cm³/mol. The number of hydrogen-bond acceptors (Lipinski definition) is 3. The van der Waals surface area contributed by atoms with Crippen molar-refractivity contribution in [1.29, 1.82) is 0 Å². The highest BCUT2D eigenvalue weighted by Crippen LogP contribution is 1.97. The van der Waals surface area contributed by atoms with E-state index >= 15 is 0 Å². The third-order valence-corrected chi connectivity index (χ3v) is 2.24. The SMILES string of the molecule is CCc1ncc(C#CCCCC(=O)NC)cn1. The maximum atomic E-state index is 10.9. The van der Waals surface area contributed by atoms with Crippen LogP contribution in [0.4, 0.5) is 0 Å². The molecule has 0 aliphatic heterocycles. The minimum atomic E-state index is 0.0578. The first-order valence-electron chi connectivity index (χ1n) is 5.76. The average molecular weight is 231 g/mol. The molecule has 1 aromatic rings. The summed E-state index contributed by atoms with van der Waals surface area (Å²) in [7, 11) is 1.64. The molecule has 17 heavy (non-hydrogen) atoms. The molecule has 1 aromatic heterocycles. The Labute approximate surface area is 102 Å². The number of aromatic nitrogens is 2. The quantitative estimate of drug-likeness (QED) is 0.628. The Balaban J connectivity index is 2.35. The molecule has 90 valence electrons. The molecule has 4 heteroatoms. The van der Waals surface area contributed by atoms with Gasteiger partial charge in [0.2, 0.25) is 5.91 Å².